The molecule has 1 aromatic carbocycles. The fraction of sp³-hybridized carbons (Fsp3) is 0.562. The standard InChI is InChI=1S/C16H22F3N3O3S/c17-16(18,19)13-8-12(11-20)9-14(10-13)21-15(23)4-3-7-26(24,25)22-5-1-2-6-22/h8-10H,1-7,11,20H2,(H,21,23). The lowest BCUT2D eigenvalue weighted by Gasteiger charge is -2.15. The third-order valence-corrected chi connectivity index (χ3v) is 6.06. The predicted molar refractivity (Wildman–Crippen MR) is 91.8 cm³/mol. The van der Waals surface area contributed by atoms with E-state index >= 15 is 0 Å². The number of carbonyl (C=O) groups excluding carboxylic acids is 1. The van der Waals surface area contributed by atoms with Gasteiger partial charge in [0.25, 0.3) is 0 Å². The second-order valence-electron chi connectivity index (χ2n) is 6.19. The number of carbonyl (C=O) groups is 1. The van der Waals surface area contributed by atoms with E-state index in [-0.39, 0.29) is 36.4 Å². The molecule has 2 rings (SSSR count). The van der Waals surface area contributed by atoms with Gasteiger partial charge in [-0.1, -0.05) is 0 Å². The number of nitrogens with zero attached hydrogens (tertiary/aromatic N) is 1. The van der Waals surface area contributed by atoms with Crippen molar-refractivity contribution >= 4 is 21.6 Å². The topological polar surface area (TPSA) is 92.5 Å². The molecule has 0 aliphatic carbocycles. The summed E-state index contributed by atoms with van der Waals surface area (Å²) in [6.45, 7) is 0.905. The number of anilines is 1. The second-order valence-corrected chi connectivity index (χ2v) is 8.28. The first kappa shape index (κ1) is 20.7. The Morgan fingerprint density at radius 1 is 1.19 bits per heavy atom. The van der Waals surface area contributed by atoms with Crippen LogP contribution in [0.15, 0.2) is 18.2 Å². The Bertz CT molecular complexity index is 745. The zero-order valence-corrected chi connectivity index (χ0v) is 15.0. The molecule has 146 valence electrons. The Hall–Kier alpha value is -1.65. The number of halogens is 3. The molecule has 1 heterocycles. The van der Waals surface area contributed by atoms with E-state index in [1.165, 1.54) is 10.4 Å². The average Bonchev–Trinajstić information content (AvgIpc) is 3.08. The number of nitrogens with one attached hydrogen (secondary N) is 1. The maximum Gasteiger partial charge on any atom is 0.416 e. The monoisotopic (exact) mass is 393 g/mol. The van der Waals surface area contributed by atoms with Crippen LogP contribution in [0.5, 0.6) is 0 Å². The molecule has 6 nitrogen and oxygen atoms in total. The zero-order chi connectivity index (χ0) is 19.4. The van der Waals surface area contributed by atoms with Gasteiger partial charge < -0.3 is 11.1 Å². The zero-order valence-electron chi connectivity index (χ0n) is 14.2. The minimum Gasteiger partial charge on any atom is -0.326 e. The van der Waals surface area contributed by atoms with Crippen molar-refractivity contribution in [2.24, 2.45) is 5.73 Å². The van der Waals surface area contributed by atoms with Crippen molar-refractivity contribution in [2.75, 3.05) is 24.2 Å². The summed E-state index contributed by atoms with van der Waals surface area (Å²) in [6.07, 6.45) is -2.87. The first-order valence-electron chi connectivity index (χ1n) is 8.31. The number of sulfonamides is 1. The summed E-state index contributed by atoms with van der Waals surface area (Å²) in [5.41, 5.74) is 4.74. The van der Waals surface area contributed by atoms with Crippen LogP contribution in [0.1, 0.15) is 36.8 Å². The average molecular weight is 393 g/mol. The second kappa shape index (κ2) is 8.36. The maximum atomic E-state index is 12.9. The van der Waals surface area contributed by atoms with E-state index in [1.54, 1.807) is 0 Å². The van der Waals surface area contributed by atoms with Gasteiger partial charge >= 0.3 is 6.18 Å². The third-order valence-electron chi connectivity index (χ3n) is 4.10. The summed E-state index contributed by atoms with van der Waals surface area (Å²) in [6, 6.07) is 3.13. The number of benzene rings is 1. The number of alkyl halides is 3. The molecule has 1 fully saturated rings. The highest BCUT2D eigenvalue weighted by molar-refractivity contribution is 7.89. The number of amides is 1. The Kier molecular flexibility index (Phi) is 6.64. The van der Waals surface area contributed by atoms with Crippen LogP contribution in [0.3, 0.4) is 0 Å². The summed E-state index contributed by atoms with van der Waals surface area (Å²) in [5, 5.41) is 2.38. The van der Waals surface area contributed by atoms with Crippen LogP contribution in [0.4, 0.5) is 18.9 Å². The van der Waals surface area contributed by atoms with Crippen molar-refractivity contribution in [1.29, 1.82) is 0 Å². The number of rotatable bonds is 7. The molecule has 3 N–H and O–H groups in total. The number of hydrogen-bond donors (Lipinski definition) is 2. The molecule has 26 heavy (non-hydrogen) atoms. The molecule has 0 atom stereocenters. The molecule has 0 bridgehead atoms. The van der Waals surface area contributed by atoms with Gasteiger partial charge in [-0.25, -0.2) is 12.7 Å². The van der Waals surface area contributed by atoms with Gasteiger partial charge in [-0.15, -0.1) is 0 Å². The molecular weight excluding hydrogens is 371 g/mol. The van der Waals surface area contributed by atoms with E-state index in [4.69, 9.17) is 5.73 Å². The van der Waals surface area contributed by atoms with Crippen LogP contribution in [0.2, 0.25) is 0 Å². The van der Waals surface area contributed by atoms with Crippen molar-refractivity contribution in [3.05, 3.63) is 29.3 Å². The summed E-state index contributed by atoms with van der Waals surface area (Å²) in [5.74, 6) is -0.694. The van der Waals surface area contributed by atoms with Crippen molar-refractivity contribution in [3.63, 3.8) is 0 Å². The molecule has 10 heteroatoms. The number of hydrogen-bond acceptors (Lipinski definition) is 4. The largest absolute Gasteiger partial charge is 0.416 e. The highest BCUT2D eigenvalue weighted by atomic mass is 32.2. The molecule has 1 amide bonds. The minimum absolute atomic E-state index is 0.00678. The maximum absolute atomic E-state index is 12.9. The summed E-state index contributed by atoms with van der Waals surface area (Å²) < 4.78 is 64.2. The normalized spacial score (nSPS) is 16.0. The highest BCUT2D eigenvalue weighted by Gasteiger charge is 2.31. The molecule has 1 aliphatic rings. The van der Waals surface area contributed by atoms with Crippen molar-refractivity contribution in [1.82, 2.24) is 4.31 Å². The van der Waals surface area contributed by atoms with E-state index in [0.717, 1.165) is 25.0 Å². The Morgan fingerprint density at radius 3 is 2.42 bits per heavy atom. The lowest BCUT2D eigenvalue weighted by Crippen LogP contribution is -2.30. The van der Waals surface area contributed by atoms with Crippen LogP contribution < -0.4 is 11.1 Å². The van der Waals surface area contributed by atoms with Crippen molar-refractivity contribution in [3.8, 4) is 0 Å². The van der Waals surface area contributed by atoms with Crippen molar-refractivity contribution < 1.29 is 26.4 Å². The lowest BCUT2D eigenvalue weighted by atomic mass is 10.1. The molecule has 1 saturated heterocycles. The first-order valence-corrected chi connectivity index (χ1v) is 9.91. The third kappa shape index (κ3) is 5.68. The van der Waals surface area contributed by atoms with Gasteiger partial charge in [-0.2, -0.15) is 13.2 Å². The van der Waals surface area contributed by atoms with Crippen LogP contribution in [-0.4, -0.2) is 37.5 Å². The predicted octanol–water partition coefficient (Wildman–Crippen LogP) is 2.31. The van der Waals surface area contributed by atoms with E-state index in [9.17, 15) is 26.4 Å². The molecule has 0 unspecified atom stereocenters. The fourth-order valence-corrected chi connectivity index (χ4v) is 4.36. The first-order chi connectivity index (χ1) is 12.1. The van der Waals surface area contributed by atoms with Gasteiger partial charge in [-0.3, -0.25) is 4.79 Å². The van der Waals surface area contributed by atoms with Gasteiger partial charge in [0.15, 0.2) is 0 Å². The molecular formula is C16H22F3N3O3S. The van der Waals surface area contributed by atoms with E-state index in [0.29, 0.717) is 13.1 Å². The molecule has 1 aromatic rings. The SMILES string of the molecule is NCc1cc(NC(=O)CCCS(=O)(=O)N2CCCC2)cc(C(F)(F)F)c1. The molecule has 0 saturated carbocycles. The molecule has 0 radical (unpaired) electrons. The van der Waals surface area contributed by atoms with Gasteiger partial charge in [0.1, 0.15) is 0 Å². The summed E-state index contributed by atoms with van der Waals surface area (Å²) in [4.78, 5) is 11.9. The minimum atomic E-state index is -4.55. The lowest BCUT2D eigenvalue weighted by molar-refractivity contribution is -0.137. The number of nitrogens with two attached hydrogens (primary N) is 1. The quantitative estimate of drug-likeness (QED) is 0.744. The Labute approximate surface area is 150 Å². The fourth-order valence-electron chi connectivity index (χ4n) is 2.78. The van der Waals surface area contributed by atoms with Crippen LogP contribution in [0.25, 0.3) is 0 Å². The van der Waals surface area contributed by atoms with Gasteiger partial charge in [0.2, 0.25) is 15.9 Å². The smallest absolute Gasteiger partial charge is 0.326 e. The molecule has 1 aliphatic heterocycles. The van der Waals surface area contributed by atoms with Crippen molar-refractivity contribution in [2.45, 2.75) is 38.4 Å². The van der Waals surface area contributed by atoms with Gasteiger partial charge in [0.05, 0.1) is 11.3 Å². The van der Waals surface area contributed by atoms with E-state index in [2.05, 4.69) is 5.32 Å². The van der Waals surface area contributed by atoms with Gasteiger partial charge in [0, 0.05) is 31.7 Å². The highest BCUT2D eigenvalue weighted by Crippen LogP contribution is 2.32. The van der Waals surface area contributed by atoms with Crippen LogP contribution in [0, 0.1) is 0 Å². The Morgan fingerprint density at radius 2 is 1.85 bits per heavy atom. The summed E-state index contributed by atoms with van der Waals surface area (Å²) >= 11 is 0. The van der Waals surface area contributed by atoms with Gasteiger partial charge in [-0.05, 0) is 43.0 Å². The van der Waals surface area contributed by atoms with E-state index in [1.807, 2.05) is 0 Å². The summed E-state index contributed by atoms with van der Waals surface area (Å²) in [7, 11) is -3.38. The molecule has 0 aromatic heterocycles. The van der Waals surface area contributed by atoms with Crippen LogP contribution >= 0.6 is 0 Å². The molecule has 0 spiro atoms. The Balaban J connectivity index is 1.93. The van der Waals surface area contributed by atoms with Crippen LogP contribution in [-0.2, 0) is 27.5 Å². The van der Waals surface area contributed by atoms with E-state index < -0.39 is 27.7 Å².